The molecular formula is C10H15N3OS2. The maximum Gasteiger partial charge on any atom is 0.196 e. The standard InChI is InChI=1S/C10H15N3OS2/c1-2-3-13-8(6-11-12-13)10(14)9-7-15-4-5-16-9/h6,9H,2-5,7H2,1H3. The first kappa shape index (κ1) is 12.0. The van der Waals surface area contributed by atoms with Gasteiger partial charge in [0.05, 0.1) is 11.4 Å². The van der Waals surface area contributed by atoms with Crippen LogP contribution < -0.4 is 0 Å². The summed E-state index contributed by atoms with van der Waals surface area (Å²) in [6.45, 7) is 2.84. The zero-order valence-corrected chi connectivity index (χ0v) is 10.9. The SMILES string of the molecule is CCCn1nncc1C(=O)C1CSCCS1. The number of hydrogen-bond donors (Lipinski definition) is 0. The fourth-order valence-corrected chi connectivity index (χ4v) is 4.25. The minimum absolute atomic E-state index is 0.0906. The first-order valence-electron chi connectivity index (χ1n) is 5.45. The fourth-order valence-electron chi connectivity index (χ4n) is 1.63. The lowest BCUT2D eigenvalue weighted by Gasteiger charge is -2.19. The summed E-state index contributed by atoms with van der Waals surface area (Å²) >= 11 is 3.61. The topological polar surface area (TPSA) is 47.8 Å². The van der Waals surface area contributed by atoms with Gasteiger partial charge in [0.15, 0.2) is 5.78 Å². The molecule has 0 aromatic carbocycles. The van der Waals surface area contributed by atoms with Crippen LogP contribution in [0.4, 0.5) is 0 Å². The Morgan fingerprint density at radius 2 is 2.50 bits per heavy atom. The van der Waals surface area contributed by atoms with Gasteiger partial charge in [-0.2, -0.15) is 11.8 Å². The molecular weight excluding hydrogens is 242 g/mol. The normalized spacial score (nSPS) is 20.9. The van der Waals surface area contributed by atoms with Gasteiger partial charge < -0.3 is 0 Å². The van der Waals surface area contributed by atoms with Gasteiger partial charge in [-0.3, -0.25) is 4.79 Å². The van der Waals surface area contributed by atoms with Crippen molar-refractivity contribution in [3.63, 3.8) is 0 Å². The fraction of sp³-hybridized carbons (Fsp3) is 0.700. The minimum Gasteiger partial charge on any atom is -0.291 e. The van der Waals surface area contributed by atoms with E-state index in [4.69, 9.17) is 0 Å². The van der Waals surface area contributed by atoms with Gasteiger partial charge in [0.2, 0.25) is 0 Å². The van der Waals surface area contributed by atoms with E-state index in [1.807, 2.05) is 11.8 Å². The van der Waals surface area contributed by atoms with Gasteiger partial charge in [-0.25, -0.2) is 4.68 Å². The largest absolute Gasteiger partial charge is 0.291 e. The highest BCUT2D eigenvalue weighted by Gasteiger charge is 2.26. The van der Waals surface area contributed by atoms with E-state index in [0.717, 1.165) is 30.2 Å². The second-order valence-corrected chi connectivity index (χ2v) is 6.10. The van der Waals surface area contributed by atoms with Gasteiger partial charge in [-0.05, 0) is 6.42 Å². The zero-order chi connectivity index (χ0) is 11.4. The quantitative estimate of drug-likeness (QED) is 0.769. The van der Waals surface area contributed by atoms with Crippen molar-refractivity contribution in [3.05, 3.63) is 11.9 Å². The Morgan fingerprint density at radius 1 is 1.62 bits per heavy atom. The zero-order valence-electron chi connectivity index (χ0n) is 9.26. The van der Waals surface area contributed by atoms with Crippen LogP contribution in [0.1, 0.15) is 23.8 Å². The number of ketones is 1. The van der Waals surface area contributed by atoms with Crippen LogP contribution in [0, 0.1) is 0 Å². The summed E-state index contributed by atoms with van der Waals surface area (Å²) in [5.74, 6) is 3.33. The first-order chi connectivity index (χ1) is 7.83. The van der Waals surface area contributed by atoms with E-state index >= 15 is 0 Å². The molecule has 2 rings (SSSR count). The molecule has 4 nitrogen and oxygen atoms in total. The molecule has 0 spiro atoms. The number of thioether (sulfide) groups is 2. The van der Waals surface area contributed by atoms with E-state index in [9.17, 15) is 4.79 Å². The van der Waals surface area contributed by atoms with E-state index in [1.165, 1.54) is 0 Å². The Morgan fingerprint density at radius 3 is 3.19 bits per heavy atom. The number of Topliss-reactive ketones (excluding diaryl/α,β-unsaturated/α-hetero) is 1. The number of carbonyl (C=O) groups excluding carboxylic acids is 1. The third-order valence-corrected chi connectivity index (χ3v) is 5.17. The molecule has 16 heavy (non-hydrogen) atoms. The number of aromatic nitrogens is 3. The molecule has 1 aromatic rings. The van der Waals surface area contributed by atoms with Crippen LogP contribution in [0.15, 0.2) is 6.20 Å². The predicted molar refractivity (Wildman–Crippen MR) is 68.2 cm³/mol. The van der Waals surface area contributed by atoms with E-state index in [1.54, 1.807) is 22.6 Å². The number of aryl methyl sites for hydroxylation is 1. The Labute approximate surface area is 104 Å². The van der Waals surface area contributed by atoms with Crippen molar-refractivity contribution in [1.29, 1.82) is 0 Å². The summed E-state index contributed by atoms with van der Waals surface area (Å²) in [5.41, 5.74) is 0.668. The lowest BCUT2D eigenvalue weighted by molar-refractivity contribution is 0.0984. The summed E-state index contributed by atoms with van der Waals surface area (Å²) in [6, 6.07) is 0. The molecule has 1 fully saturated rings. The average molecular weight is 257 g/mol. The molecule has 1 atom stereocenters. The molecule has 0 bridgehead atoms. The second-order valence-electron chi connectivity index (χ2n) is 3.64. The second kappa shape index (κ2) is 5.72. The Bertz CT molecular complexity index is 361. The van der Waals surface area contributed by atoms with Gasteiger partial charge in [0.1, 0.15) is 5.69 Å². The highest BCUT2D eigenvalue weighted by molar-refractivity contribution is 8.07. The summed E-state index contributed by atoms with van der Waals surface area (Å²) in [4.78, 5) is 12.2. The molecule has 0 radical (unpaired) electrons. The van der Waals surface area contributed by atoms with Gasteiger partial charge in [-0.1, -0.05) is 12.1 Å². The van der Waals surface area contributed by atoms with Gasteiger partial charge in [0, 0.05) is 23.8 Å². The van der Waals surface area contributed by atoms with Crippen LogP contribution in [0.2, 0.25) is 0 Å². The summed E-state index contributed by atoms with van der Waals surface area (Å²) in [7, 11) is 0. The minimum atomic E-state index is 0.0906. The van der Waals surface area contributed by atoms with Gasteiger partial charge in [0.25, 0.3) is 0 Å². The van der Waals surface area contributed by atoms with Crippen molar-refractivity contribution < 1.29 is 4.79 Å². The van der Waals surface area contributed by atoms with Gasteiger partial charge in [-0.15, -0.1) is 16.9 Å². The summed E-state index contributed by atoms with van der Waals surface area (Å²) in [6.07, 6.45) is 2.56. The summed E-state index contributed by atoms with van der Waals surface area (Å²) < 4.78 is 1.72. The molecule has 1 aliphatic heterocycles. The Balaban J connectivity index is 2.09. The highest BCUT2D eigenvalue weighted by Crippen LogP contribution is 2.26. The number of rotatable bonds is 4. The molecule has 88 valence electrons. The number of hydrogen-bond acceptors (Lipinski definition) is 5. The number of nitrogens with zero attached hydrogens (tertiary/aromatic N) is 3. The van der Waals surface area contributed by atoms with Crippen molar-refractivity contribution >= 4 is 29.3 Å². The first-order valence-corrected chi connectivity index (χ1v) is 7.65. The average Bonchev–Trinajstić information content (AvgIpc) is 2.78. The third kappa shape index (κ3) is 2.60. The van der Waals surface area contributed by atoms with Crippen LogP contribution in [0.3, 0.4) is 0 Å². The van der Waals surface area contributed by atoms with Crippen LogP contribution in [0.5, 0.6) is 0 Å². The predicted octanol–water partition coefficient (Wildman–Crippen LogP) is 1.72. The smallest absolute Gasteiger partial charge is 0.196 e. The Kier molecular flexibility index (Phi) is 4.29. The van der Waals surface area contributed by atoms with Crippen molar-refractivity contribution in [2.75, 3.05) is 17.3 Å². The molecule has 0 aliphatic carbocycles. The van der Waals surface area contributed by atoms with Crippen molar-refractivity contribution in [2.24, 2.45) is 0 Å². The van der Waals surface area contributed by atoms with Crippen LogP contribution in [-0.4, -0.2) is 43.3 Å². The molecule has 0 amide bonds. The molecule has 0 saturated carbocycles. The van der Waals surface area contributed by atoms with Crippen LogP contribution in [-0.2, 0) is 6.54 Å². The molecule has 1 aliphatic rings. The maximum absolute atomic E-state index is 12.2. The van der Waals surface area contributed by atoms with Crippen molar-refractivity contribution in [1.82, 2.24) is 15.0 Å². The third-order valence-electron chi connectivity index (χ3n) is 2.41. The van der Waals surface area contributed by atoms with E-state index in [2.05, 4.69) is 17.2 Å². The monoisotopic (exact) mass is 257 g/mol. The summed E-state index contributed by atoms with van der Waals surface area (Å²) in [5, 5.41) is 7.87. The van der Waals surface area contributed by atoms with Crippen molar-refractivity contribution in [3.8, 4) is 0 Å². The lowest BCUT2D eigenvalue weighted by Crippen LogP contribution is -2.26. The molecule has 1 aromatic heterocycles. The van der Waals surface area contributed by atoms with E-state index in [0.29, 0.717) is 5.69 Å². The lowest BCUT2D eigenvalue weighted by atomic mass is 10.2. The van der Waals surface area contributed by atoms with E-state index in [-0.39, 0.29) is 11.0 Å². The van der Waals surface area contributed by atoms with Crippen LogP contribution >= 0.6 is 23.5 Å². The van der Waals surface area contributed by atoms with E-state index < -0.39 is 0 Å². The number of carbonyl (C=O) groups is 1. The van der Waals surface area contributed by atoms with Crippen molar-refractivity contribution in [2.45, 2.75) is 25.1 Å². The Hall–Kier alpha value is -0.490. The molecule has 0 N–H and O–H groups in total. The van der Waals surface area contributed by atoms with Gasteiger partial charge >= 0.3 is 0 Å². The molecule has 1 saturated heterocycles. The maximum atomic E-state index is 12.2. The van der Waals surface area contributed by atoms with Crippen LogP contribution in [0.25, 0.3) is 0 Å². The highest BCUT2D eigenvalue weighted by atomic mass is 32.2. The molecule has 1 unspecified atom stereocenters. The molecule has 6 heteroatoms. The molecule has 2 heterocycles.